The zero-order valence-electron chi connectivity index (χ0n) is 9.29. The van der Waals surface area contributed by atoms with Gasteiger partial charge < -0.3 is 0 Å². The van der Waals surface area contributed by atoms with Gasteiger partial charge in [0.05, 0.1) is 0 Å². The predicted molar refractivity (Wildman–Crippen MR) is 81.6 cm³/mol. The van der Waals surface area contributed by atoms with Crippen LogP contribution in [-0.2, 0) is 0 Å². The van der Waals surface area contributed by atoms with Crippen LogP contribution in [0, 0.1) is 6.92 Å². The molecule has 0 N–H and O–H groups in total. The quantitative estimate of drug-likeness (QED) is 0.555. The van der Waals surface area contributed by atoms with Gasteiger partial charge in [-0.05, 0) is 0 Å². The molecule has 0 nitrogen and oxygen atoms in total. The van der Waals surface area contributed by atoms with Gasteiger partial charge in [0, 0.05) is 0 Å². The van der Waals surface area contributed by atoms with Crippen LogP contribution >= 0.6 is 26.7 Å². The summed E-state index contributed by atoms with van der Waals surface area (Å²) in [6.07, 6.45) is 0. The summed E-state index contributed by atoms with van der Waals surface area (Å²) in [5.41, 5.74) is 1.35. The Kier molecular flexibility index (Phi) is 3.32. The van der Waals surface area contributed by atoms with E-state index in [0.717, 1.165) is 0 Å². The average Bonchev–Trinajstić information content (AvgIpc) is 2.67. The second-order valence-electron chi connectivity index (χ2n) is 3.97. The van der Waals surface area contributed by atoms with Crippen LogP contribution in [0.25, 0.3) is 0 Å². The van der Waals surface area contributed by atoms with E-state index in [9.17, 15) is 0 Å². The standard InChI is InChI=1S/C13H11PS2Se/c1-10-7-8-12-13(9-10)16-14(17,15-12)11-5-3-2-4-6-11/h2-9H,1H3. The first kappa shape index (κ1) is 12.1. The van der Waals surface area contributed by atoms with Gasteiger partial charge in [0.1, 0.15) is 0 Å². The van der Waals surface area contributed by atoms with Gasteiger partial charge in [-0.2, -0.15) is 0 Å². The van der Waals surface area contributed by atoms with Crippen LogP contribution in [0.2, 0.25) is 0 Å². The Morgan fingerprint density at radius 3 is 2.41 bits per heavy atom. The molecule has 2 aromatic carbocycles. The van der Waals surface area contributed by atoms with Crippen LogP contribution < -0.4 is 5.30 Å². The molecule has 3 rings (SSSR count). The summed E-state index contributed by atoms with van der Waals surface area (Å²) in [5, 5.41) is 1.45. The van der Waals surface area contributed by atoms with Crippen molar-refractivity contribution in [2.24, 2.45) is 0 Å². The summed E-state index contributed by atoms with van der Waals surface area (Å²) >= 11 is 7.52. The number of rotatable bonds is 1. The maximum atomic E-state index is 3.47. The van der Waals surface area contributed by atoms with Gasteiger partial charge in [-0.3, -0.25) is 0 Å². The van der Waals surface area contributed by atoms with E-state index in [2.05, 4.69) is 70.6 Å². The van der Waals surface area contributed by atoms with E-state index in [1.165, 1.54) is 20.7 Å². The molecule has 1 unspecified atom stereocenters. The van der Waals surface area contributed by atoms with Gasteiger partial charge in [0.2, 0.25) is 0 Å². The minimum absolute atomic E-state index is 1.27. The first-order chi connectivity index (χ1) is 8.17. The van der Waals surface area contributed by atoms with Crippen molar-refractivity contribution in [3.63, 3.8) is 0 Å². The minimum atomic E-state index is -1.27. The van der Waals surface area contributed by atoms with E-state index in [-0.39, 0.29) is 0 Å². The zero-order chi connectivity index (χ0) is 11.9. The molecular formula is C13H11PS2Se. The van der Waals surface area contributed by atoms with Crippen molar-refractivity contribution in [2.45, 2.75) is 16.7 Å². The molecule has 0 aromatic heterocycles. The molecule has 0 radical (unpaired) electrons. The van der Waals surface area contributed by atoms with Crippen LogP contribution in [0.1, 0.15) is 5.56 Å². The SMILES string of the molecule is Cc1ccc2c(c1)SP(=[Se])(c1ccccc1)S2. The van der Waals surface area contributed by atoms with Gasteiger partial charge in [0.25, 0.3) is 0 Å². The molecule has 1 aliphatic heterocycles. The maximum absolute atomic E-state index is 3.47. The summed E-state index contributed by atoms with van der Waals surface area (Å²) in [6.45, 7) is 2.16. The van der Waals surface area contributed by atoms with Crippen LogP contribution in [0.5, 0.6) is 0 Å². The molecule has 4 heteroatoms. The predicted octanol–water partition coefficient (Wildman–Crippen LogP) is 4.45. The third-order valence-corrected chi connectivity index (χ3v) is 14.6. The van der Waals surface area contributed by atoms with Gasteiger partial charge in [0.15, 0.2) is 0 Å². The fourth-order valence-corrected chi connectivity index (χ4v) is 13.9. The second-order valence-corrected chi connectivity index (χ2v) is 18.4. The molecule has 1 atom stereocenters. The van der Waals surface area contributed by atoms with E-state index in [4.69, 9.17) is 0 Å². The van der Waals surface area contributed by atoms with Gasteiger partial charge in [-0.15, -0.1) is 0 Å². The second kappa shape index (κ2) is 4.64. The Bertz CT molecular complexity index is 610. The molecule has 0 bridgehead atoms. The Hall–Kier alpha value is 0.0895. The van der Waals surface area contributed by atoms with Crippen molar-refractivity contribution in [3.05, 3.63) is 54.1 Å². The van der Waals surface area contributed by atoms with Crippen LogP contribution in [0.15, 0.2) is 58.3 Å². The number of benzene rings is 2. The Balaban J connectivity index is 2.03. The Labute approximate surface area is 117 Å². The molecule has 1 heterocycles. The molecule has 2 aromatic rings. The molecule has 0 spiro atoms. The van der Waals surface area contributed by atoms with Crippen molar-refractivity contribution in [1.29, 1.82) is 0 Å². The van der Waals surface area contributed by atoms with E-state index >= 15 is 0 Å². The van der Waals surface area contributed by atoms with Crippen molar-refractivity contribution >= 4 is 47.1 Å². The molecule has 0 amide bonds. The topological polar surface area (TPSA) is 0 Å². The molecule has 0 saturated heterocycles. The summed E-state index contributed by atoms with van der Waals surface area (Å²) in [6, 6.07) is 17.6. The molecule has 1 aliphatic rings. The third-order valence-electron chi connectivity index (χ3n) is 2.61. The van der Waals surface area contributed by atoms with Gasteiger partial charge >= 0.3 is 118 Å². The molecule has 0 fully saturated rings. The van der Waals surface area contributed by atoms with E-state index in [0.29, 0.717) is 0 Å². The summed E-state index contributed by atoms with van der Waals surface area (Å²) in [5.74, 6) is 0. The molecule has 17 heavy (non-hydrogen) atoms. The van der Waals surface area contributed by atoms with Gasteiger partial charge in [-0.25, -0.2) is 0 Å². The number of fused-ring (bicyclic) bond motifs is 1. The van der Waals surface area contributed by atoms with E-state index < -0.39 is 3.91 Å². The molecule has 86 valence electrons. The van der Waals surface area contributed by atoms with Crippen molar-refractivity contribution in [1.82, 2.24) is 0 Å². The van der Waals surface area contributed by atoms with Crippen LogP contribution in [0.4, 0.5) is 0 Å². The zero-order valence-corrected chi connectivity index (χ0v) is 13.5. The Morgan fingerprint density at radius 1 is 0.941 bits per heavy atom. The molecule has 0 aliphatic carbocycles. The van der Waals surface area contributed by atoms with Crippen LogP contribution in [0.3, 0.4) is 0 Å². The molecular weight excluding hydrogens is 330 g/mol. The number of aryl methyl sites for hydroxylation is 1. The van der Waals surface area contributed by atoms with Crippen molar-refractivity contribution in [2.75, 3.05) is 0 Å². The summed E-state index contributed by atoms with van der Waals surface area (Å²) in [4.78, 5) is 2.86. The van der Waals surface area contributed by atoms with E-state index in [1.54, 1.807) is 0 Å². The summed E-state index contributed by atoms with van der Waals surface area (Å²) < 4.78 is -1.27. The first-order valence-corrected chi connectivity index (χ1v) is 12.2. The fourth-order valence-electron chi connectivity index (χ4n) is 1.76. The van der Waals surface area contributed by atoms with Gasteiger partial charge in [-0.1, -0.05) is 0 Å². The monoisotopic (exact) mass is 342 g/mol. The average molecular weight is 341 g/mol. The third kappa shape index (κ3) is 2.32. The Morgan fingerprint density at radius 2 is 1.65 bits per heavy atom. The first-order valence-electron chi connectivity index (χ1n) is 5.33. The fraction of sp³-hybridized carbons (Fsp3) is 0.0769. The number of hydrogen-bond donors (Lipinski definition) is 0. The van der Waals surface area contributed by atoms with Crippen molar-refractivity contribution < 1.29 is 0 Å². The normalized spacial score (nSPS) is 22.4. The summed E-state index contributed by atoms with van der Waals surface area (Å²) in [7, 11) is 0. The van der Waals surface area contributed by atoms with Crippen LogP contribution in [-0.4, -0.2) is 15.1 Å². The van der Waals surface area contributed by atoms with E-state index in [1.807, 2.05) is 22.8 Å². The number of hydrogen-bond acceptors (Lipinski definition) is 2. The molecule has 0 saturated carbocycles. The van der Waals surface area contributed by atoms with Crippen molar-refractivity contribution in [3.8, 4) is 0 Å².